The average Bonchev–Trinajstić information content (AvgIpc) is 2.36. The highest BCUT2D eigenvalue weighted by atomic mass is 16.3. The third kappa shape index (κ3) is 3.01. The highest BCUT2D eigenvalue weighted by molar-refractivity contribution is 5.81. The van der Waals surface area contributed by atoms with Crippen LogP contribution in [0.25, 0.3) is 0 Å². The molecule has 0 atom stereocenters. The Morgan fingerprint density at radius 2 is 1.72 bits per heavy atom. The maximum absolute atomic E-state index is 9.31. The maximum atomic E-state index is 9.31. The number of nitrogens with zero attached hydrogens (tertiary/aromatic N) is 1. The van der Waals surface area contributed by atoms with Gasteiger partial charge in [-0.05, 0) is 42.8 Å². The summed E-state index contributed by atoms with van der Waals surface area (Å²) in [7, 11) is 0. The van der Waals surface area contributed by atoms with E-state index in [4.69, 9.17) is 5.11 Å². The van der Waals surface area contributed by atoms with Crippen molar-refractivity contribution in [2.75, 3.05) is 5.43 Å². The van der Waals surface area contributed by atoms with Crippen molar-refractivity contribution < 1.29 is 10.2 Å². The number of hydrogen-bond acceptors (Lipinski definition) is 4. The number of phenols is 2. The van der Waals surface area contributed by atoms with Gasteiger partial charge in [-0.25, -0.2) is 0 Å². The lowest BCUT2D eigenvalue weighted by Crippen LogP contribution is -1.90. The molecule has 0 radical (unpaired) electrons. The van der Waals surface area contributed by atoms with E-state index in [1.54, 1.807) is 12.3 Å². The number of hydrazone groups is 1. The van der Waals surface area contributed by atoms with Gasteiger partial charge >= 0.3 is 0 Å². The zero-order valence-electron chi connectivity index (χ0n) is 9.96. The molecule has 4 nitrogen and oxygen atoms in total. The van der Waals surface area contributed by atoms with Crippen molar-refractivity contribution in [3.05, 3.63) is 53.6 Å². The quantitative estimate of drug-likeness (QED) is 0.440. The van der Waals surface area contributed by atoms with Crippen molar-refractivity contribution >= 4 is 11.9 Å². The van der Waals surface area contributed by atoms with Gasteiger partial charge in [0.25, 0.3) is 0 Å². The summed E-state index contributed by atoms with van der Waals surface area (Å²) in [6.07, 6.45) is 1.57. The van der Waals surface area contributed by atoms with Crippen molar-refractivity contribution in [2.45, 2.75) is 6.92 Å². The second-order valence-corrected chi connectivity index (χ2v) is 3.98. The number of benzene rings is 2. The lowest BCUT2D eigenvalue weighted by atomic mass is 10.2. The Bertz CT molecular complexity index is 563. The molecule has 3 N–H and O–H groups in total. The summed E-state index contributed by atoms with van der Waals surface area (Å²) < 4.78 is 0. The van der Waals surface area contributed by atoms with E-state index in [0.29, 0.717) is 5.56 Å². The molecular weight excluding hydrogens is 228 g/mol. The Hall–Kier alpha value is -2.49. The van der Waals surface area contributed by atoms with Crippen LogP contribution in [0.15, 0.2) is 47.6 Å². The number of hydrogen-bond donors (Lipinski definition) is 3. The van der Waals surface area contributed by atoms with Gasteiger partial charge in [0, 0.05) is 0 Å². The summed E-state index contributed by atoms with van der Waals surface area (Å²) in [5.74, 6) is -0.298. The van der Waals surface area contributed by atoms with Gasteiger partial charge in [-0.15, -0.1) is 0 Å². The van der Waals surface area contributed by atoms with Gasteiger partial charge in [0.15, 0.2) is 11.5 Å². The summed E-state index contributed by atoms with van der Waals surface area (Å²) in [5.41, 5.74) is 5.66. The molecule has 2 rings (SSSR count). The molecule has 0 heterocycles. The molecule has 0 spiro atoms. The fourth-order valence-corrected chi connectivity index (χ4v) is 1.43. The molecule has 92 valence electrons. The first-order chi connectivity index (χ1) is 8.65. The van der Waals surface area contributed by atoms with Crippen LogP contribution >= 0.6 is 0 Å². The van der Waals surface area contributed by atoms with E-state index in [2.05, 4.69) is 10.5 Å². The standard InChI is InChI=1S/C14H14N2O2/c1-10-2-5-12(6-3-10)16-15-9-11-4-7-13(17)14(18)8-11/h2-9,16-18H,1H3/b15-9-. The third-order valence-corrected chi connectivity index (χ3v) is 2.46. The van der Waals surface area contributed by atoms with Crippen LogP contribution in [0.1, 0.15) is 11.1 Å². The topological polar surface area (TPSA) is 64.9 Å². The van der Waals surface area contributed by atoms with E-state index in [0.717, 1.165) is 5.69 Å². The van der Waals surface area contributed by atoms with E-state index < -0.39 is 0 Å². The molecule has 0 aromatic heterocycles. The van der Waals surface area contributed by atoms with Crippen molar-refractivity contribution in [3.63, 3.8) is 0 Å². The minimum absolute atomic E-state index is 0.140. The first kappa shape index (κ1) is 12.0. The van der Waals surface area contributed by atoms with Crippen LogP contribution in [-0.2, 0) is 0 Å². The van der Waals surface area contributed by atoms with Gasteiger partial charge < -0.3 is 10.2 Å². The second kappa shape index (κ2) is 5.23. The highest BCUT2D eigenvalue weighted by Gasteiger charge is 1.98. The van der Waals surface area contributed by atoms with Crippen LogP contribution in [0.3, 0.4) is 0 Å². The highest BCUT2D eigenvalue weighted by Crippen LogP contribution is 2.24. The fourth-order valence-electron chi connectivity index (χ4n) is 1.43. The second-order valence-electron chi connectivity index (χ2n) is 3.98. The SMILES string of the molecule is Cc1ccc(N/N=C\c2ccc(O)c(O)c2)cc1. The maximum Gasteiger partial charge on any atom is 0.158 e. The Morgan fingerprint density at radius 3 is 2.39 bits per heavy atom. The Labute approximate surface area is 105 Å². The molecule has 18 heavy (non-hydrogen) atoms. The molecule has 0 aliphatic carbocycles. The van der Waals surface area contributed by atoms with Crippen LogP contribution in [0.5, 0.6) is 11.5 Å². The van der Waals surface area contributed by atoms with Crippen molar-refractivity contribution in [1.29, 1.82) is 0 Å². The summed E-state index contributed by atoms with van der Waals surface area (Å²) in [4.78, 5) is 0. The minimum Gasteiger partial charge on any atom is -0.504 e. The van der Waals surface area contributed by atoms with Crippen molar-refractivity contribution in [1.82, 2.24) is 0 Å². The number of anilines is 1. The molecular formula is C14H14N2O2. The Balaban J connectivity index is 2.02. The molecule has 0 amide bonds. The molecule has 0 aliphatic rings. The molecule has 4 heteroatoms. The van der Waals surface area contributed by atoms with Gasteiger partial charge in [-0.3, -0.25) is 5.43 Å². The summed E-state index contributed by atoms with van der Waals surface area (Å²) in [5, 5.41) is 22.5. The van der Waals surface area contributed by atoms with Crippen molar-refractivity contribution in [2.24, 2.45) is 5.10 Å². The van der Waals surface area contributed by atoms with Crippen LogP contribution in [0.2, 0.25) is 0 Å². The summed E-state index contributed by atoms with van der Waals surface area (Å²) >= 11 is 0. The first-order valence-electron chi connectivity index (χ1n) is 5.53. The molecule has 0 saturated carbocycles. The van der Waals surface area contributed by atoms with Gasteiger partial charge in [0.05, 0.1) is 11.9 Å². The first-order valence-corrected chi connectivity index (χ1v) is 5.53. The van der Waals surface area contributed by atoms with Crippen LogP contribution in [-0.4, -0.2) is 16.4 Å². The molecule has 0 saturated heterocycles. The number of aryl methyl sites for hydroxylation is 1. The minimum atomic E-state index is -0.158. The Kier molecular flexibility index (Phi) is 3.48. The lowest BCUT2D eigenvalue weighted by Gasteiger charge is -2.01. The predicted molar refractivity (Wildman–Crippen MR) is 72.2 cm³/mol. The zero-order valence-corrected chi connectivity index (χ0v) is 9.96. The number of nitrogens with one attached hydrogen (secondary N) is 1. The number of aromatic hydroxyl groups is 2. The van der Waals surface area contributed by atoms with E-state index >= 15 is 0 Å². The number of phenolic OH excluding ortho intramolecular Hbond substituents is 2. The summed E-state index contributed by atoms with van der Waals surface area (Å²) in [6.45, 7) is 2.02. The lowest BCUT2D eigenvalue weighted by molar-refractivity contribution is 0.403. The molecule has 0 bridgehead atoms. The largest absolute Gasteiger partial charge is 0.504 e. The zero-order chi connectivity index (χ0) is 13.0. The monoisotopic (exact) mass is 242 g/mol. The number of rotatable bonds is 3. The van der Waals surface area contributed by atoms with Gasteiger partial charge in [-0.1, -0.05) is 17.7 Å². The fraction of sp³-hybridized carbons (Fsp3) is 0.0714. The Morgan fingerprint density at radius 1 is 1.00 bits per heavy atom. The third-order valence-electron chi connectivity index (χ3n) is 2.46. The van der Waals surface area contributed by atoms with Crippen LogP contribution in [0.4, 0.5) is 5.69 Å². The van der Waals surface area contributed by atoms with Crippen LogP contribution in [0, 0.1) is 6.92 Å². The van der Waals surface area contributed by atoms with E-state index in [9.17, 15) is 5.11 Å². The predicted octanol–water partition coefficient (Wildman–Crippen LogP) is 2.85. The van der Waals surface area contributed by atoms with Gasteiger partial charge in [0.2, 0.25) is 0 Å². The molecule has 2 aromatic carbocycles. The normalized spacial score (nSPS) is 10.7. The van der Waals surface area contributed by atoms with Gasteiger partial charge in [-0.2, -0.15) is 5.10 Å². The van der Waals surface area contributed by atoms with Gasteiger partial charge in [0.1, 0.15) is 0 Å². The smallest absolute Gasteiger partial charge is 0.158 e. The summed E-state index contributed by atoms with van der Waals surface area (Å²) in [6, 6.07) is 12.4. The molecule has 0 aliphatic heterocycles. The van der Waals surface area contributed by atoms with E-state index in [1.807, 2.05) is 31.2 Å². The molecule has 0 unspecified atom stereocenters. The average molecular weight is 242 g/mol. The van der Waals surface area contributed by atoms with Crippen LogP contribution < -0.4 is 5.43 Å². The van der Waals surface area contributed by atoms with E-state index in [1.165, 1.54) is 17.7 Å². The molecule has 0 fully saturated rings. The van der Waals surface area contributed by atoms with Crippen molar-refractivity contribution in [3.8, 4) is 11.5 Å². The van der Waals surface area contributed by atoms with E-state index in [-0.39, 0.29) is 11.5 Å². The molecule has 2 aromatic rings.